The maximum Gasteiger partial charge on any atom is 0.282 e. The predicted molar refractivity (Wildman–Crippen MR) is 133 cm³/mol. The Hall–Kier alpha value is -3.77. The molecule has 33 heavy (non-hydrogen) atoms. The van der Waals surface area contributed by atoms with E-state index in [1.807, 2.05) is 62.3 Å². The van der Waals surface area contributed by atoms with Gasteiger partial charge in [0.1, 0.15) is 11.4 Å². The normalized spacial score (nSPS) is 13.5. The number of para-hydroxylation sites is 2. The first kappa shape index (κ1) is 22.4. The van der Waals surface area contributed by atoms with Crippen LogP contribution in [0.2, 0.25) is 5.02 Å². The van der Waals surface area contributed by atoms with Crippen LogP contribution >= 0.6 is 11.6 Å². The van der Waals surface area contributed by atoms with Crippen molar-refractivity contribution in [1.82, 2.24) is 0 Å². The standard InChI is InChI=1S/C26H24ClN3O3/c1-4-33-22-8-6-5-7-21(22)28-24-23(17-9-11-18(27)12-10-17)25(31)30(26(24)32)20-15-13-19(14-16-20)29(2)3/h5-16,28H,4H2,1-3H3. The lowest BCUT2D eigenvalue weighted by atomic mass is 10.0. The van der Waals surface area contributed by atoms with Gasteiger partial charge in [-0.15, -0.1) is 0 Å². The second kappa shape index (κ2) is 9.38. The van der Waals surface area contributed by atoms with Crippen LogP contribution in [0, 0.1) is 0 Å². The van der Waals surface area contributed by atoms with Gasteiger partial charge >= 0.3 is 0 Å². The van der Waals surface area contributed by atoms with Crippen LogP contribution in [0.25, 0.3) is 5.57 Å². The van der Waals surface area contributed by atoms with Crippen LogP contribution in [-0.4, -0.2) is 32.5 Å². The molecule has 7 heteroatoms. The zero-order chi connectivity index (χ0) is 23.5. The van der Waals surface area contributed by atoms with E-state index in [4.69, 9.17) is 16.3 Å². The zero-order valence-corrected chi connectivity index (χ0v) is 19.4. The van der Waals surface area contributed by atoms with Gasteiger partial charge in [-0.2, -0.15) is 0 Å². The lowest BCUT2D eigenvalue weighted by Gasteiger charge is -2.18. The van der Waals surface area contributed by atoms with E-state index in [2.05, 4.69) is 5.32 Å². The smallest absolute Gasteiger partial charge is 0.282 e. The summed E-state index contributed by atoms with van der Waals surface area (Å²) in [7, 11) is 3.86. The number of carbonyl (C=O) groups is 2. The molecule has 3 aromatic carbocycles. The number of hydrogen-bond acceptors (Lipinski definition) is 5. The van der Waals surface area contributed by atoms with Gasteiger partial charge in [0.2, 0.25) is 0 Å². The quantitative estimate of drug-likeness (QED) is 0.490. The van der Waals surface area contributed by atoms with Crippen LogP contribution in [0.15, 0.2) is 78.5 Å². The summed E-state index contributed by atoms with van der Waals surface area (Å²) < 4.78 is 5.70. The monoisotopic (exact) mass is 461 g/mol. The van der Waals surface area contributed by atoms with Crippen molar-refractivity contribution in [1.29, 1.82) is 0 Å². The number of imide groups is 1. The van der Waals surface area contributed by atoms with Gasteiger partial charge in [0, 0.05) is 24.8 Å². The minimum atomic E-state index is -0.436. The topological polar surface area (TPSA) is 61.9 Å². The predicted octanol–water partition coefficient (Wildman–Crippen LogP) is 5.20. The minimum absolute atomic E-state index is 0.186. The summed E-state index contributed by atoms with van der Waals surface area (Å²) in [4.78, 5) is 30.3. The molecule has 0 fully saturated rings. The van der Waals surface area contributed by atoms with Gasteiger partial charge in [-0.25, -0.2) is 4.90 Å². The maximum atomic E-state index is 13.6. The molecule has 0 aliphatic carbocycles. The van der Waals surface area contributed by atoms with Gasteiger partial charge in [0.15, 0.2) is 0 Å². The fraction of sp³-hybridized carbons (Fsp3) is 0.154. The van der Waals surface area contributed by atoms with Gasteiger partial charge < -0.3 is 15.0 Å². The van der Waals surface area contributed by atoms with E-state index in [1.165, 1.54) is 4.90 Å². The second-order valence-electron chi connectivity index (χ2n) is 7.67. The summed E-state index contributed by atoms with van der Waals surface area (Å²) >= 11 is 6.06. The third-order valence-electron chi connectivity index (χ3n) is 5.29. The van der Waals surface area contributed by atoms with Gasteiger partial charge in [-0.1, -0.05) is 35.9 Å². The molecule has 2 amide bonds. The molecule has 0 saturated heterocycles. The number of amides is 2. The Labute approximate surface area is 198 Å². The number of benzene rings is 3. The van der Waals surface area contributed by atoms with Crippen molar-refractivity contribution in [3.63, 3.8) is 0 Å². The third kappa shape index (κ3) is 4.43. The van der Waals surface area contributed by atoms with E-state index in [1.54, 1.807) is 36.4 Å². The molecule has 0 unspecified atom stereocenters. The van der Waals surface area contributed by atoms with Crippen molar-refractivity contribution in [3.8, 4) is 5.75 Å². The molecule has 0 spiro atoms. The van der Waals surface area contributed by atoms with Gasteiger partial charge in [-0.05, 0) is 61.0 Å². The van der Waals surface area contributed by atoms with Crippen LogP contribution in [0.5, 0.6) is 5.75 Å². The largest absolute Gasteiger partial charge is 0.492 e. The highest BCUT2D eigenvalue weighted by Gasteiger charge is 2.40. The Balaban J connectivity index is 1.79. The molecule has 0 aromatic heterocycles. The highest BCUT2D eigenvalue weighted by atomic mass is 35.5. The van der Waals surface area contributed by atoms with Gasteiger partial charge in [-0.3, -0.25) is 9.59 Å². The fourth-order valence-electron chi connectivity index (χ4n) is 3.65. The lowest BCUT2D eigenvalue weighted by Crippen LogP contribution is -2.32. The van der Waals surface area contributed by atoms with Crippen LogP contribution in [0.3, 0.4) is 0 Å². The van der Waals surface area contributed by atoms with E-state index in [-0.39, 0.29) is 11.3 Å². The van der Waals surface area contributed by atoms with E-state index in [9.17, 15) is 9.59 Å². The number of anilines is 3. The summed E-state index contributed by atoms with van der Waals surface area (Å²) in [5, 5.41) is 3.71. The first-order valence-corrected chi connectivity index (χ1v) is 10.9. The molecule has 1 aliphatic rings. The number of nitrogens with one attached hydrogen (secondary N) is 1. The van der Waals surface area contributed by atoms with E-state index in [0.29, 0.717) is 34.3 Å². The van der Waals surface area contributed by atoms with Crippen LogP contribution in [0.4, 0.5) is 17.1 Å². The summed E-state index contributed by atoms with van der Waals surface area (Å²) in [6, 6.07) is 21.4. The first-order chi connectivity index (χ1) is 15.9. The number of ether oxygens (including phenoxy) is 1. The Morgan fingerprint density at radius 2 is 1.58 bits per heavy atom. The Morgan fingerprint density at radius 3 is 2.21 bits per heavy atom. The molecule has 0 atom stereocenters. The van der Waals surface area contributed by atoms with E-state index >= 15 is 0 Å². The lowest BCUT2D eigenvalue weighted by molar-refractivity contribution is -0.120. The molecule has 0 radical (unpaired) electrons. The molecule has 0 saturated carbocycles. The van der Waals surface area contributed by atoms with Crippen LogP contribution in [-0.2, 0) is 9.59 Å². The zero-order valence-electron chi connectivity index (χ0n) is 18.6. The number of hydrogen-bond donors (Lipinski definition) is 1. The number of nitrogens with zero attached hydrogens (tertiary/aromatic N) is 2. The molecule has 0 bridgehead atoms. The SMILES string of the molecule is CCOc1ccccc1NC1=C(c2ccc(Cl)cc2)C(=O)N(c2ccc(N(C)C)cc2)C1=O. The molecular formula is C26H24ClN3O3. The maximum absolute atomic E-state index is 13.6. The molecule has 6 nitrogen and oxygen atoms in total. The fourth-order valence-corrected chi connectivity index (χ4v) is 3.78. The Kier molecular flexibility index (Phi) is 6.38. The van der Waals surface area contributed by atoms with Crippen LogP contribution in [0.1, 0.15) is 12.5 Å². The van der Waals surface area contributed by atoms with Crippen LogP contribution < -0.4 is 19.9 Å². The van der Waals surface area contributed by atoms with Gasteiger partial charge in [0.05, 0.1) is 23.6 Å². The summed E-state index contributed by atoms with van der Waals surface area (Å²) in [5.41, 5.74) is 3.13. The summed E-state index contributed by atoms with van der Waals surface area (Å²) in [6.45, 7) is 2.36. The van der Waals surface area contributed by atoms with Crippen molar-refractivity contribution in [2.75, 3.05) is 35.8 Å². The number of rotatable bonds is 7. The molecule has 3 aromatic rings. The number of halogens is 1. The summed E-state index contributed by atoms with van der Waals surface area (Å²) in [5.74, 6) is -0.248. The van der Waals surface area contributed by atoms with E-state index < -0.39 is 11.8 Å². The Morgan fingerprint density at radius 1 is 0.909 bits per heavy atom. The average Bonchev–Trinajstić information content (AvgIpc) is 3.05. The molecule has 1 aliphatic heterocycles. The second-order valence-corrected chi connectivity index (χ2v) is 8.10. The highest BCUT2D eigenvalue weighted by molar-refractivity contribution is 6.46. The summed E-state index contributed by atoms with van der Waals surface area (Å²) in [6.07, 6.45) is 0. The third-order valence-corrected chi connectivity index (χ3v) is 5.54. The van der Waals surface area contributed by atoms with E-state index in [0.717, 1.165) is 5.69 Å². The molecule has 1 heterocycles. The molecular weight excluding hydrogens is 438 g/mol. The van der Waals surface area contributed by atoms with Crippen molar-refractivity contribution < 1.29 is 14.3 Å². The molecule has 4 rings (SSSR count). The molecule has 1 N–H and O–H groups in total. The van der Waals surface area contributed by atoms with Crippen molar-refractivity contribution >= 4 is 46.1 Å². The van der Waals surface area contributed by atoms with Crippen molar-refractivity contribution in [3.05, 3.63) is 89.1 Å². The van der Waals surface area contributed by atoms with Crippen molar-refractivity contribution in [2.24, 2.45) is 0 Å². The number of carbonyl (C=O) groups excluding carboxylic acids is 2. The average molecular weight is 462 g/mol. The van der Waals surface area contributed by atoms with Gasteiger partial charge in [0.25, 0.3) is 11.8 Å². The Bertz CT molecular complexity index is 1220. The molecule has 168 valence electrons. The minimum Gasteiger partial charge on any atom is -0.492 e. The highest BCUT2D eigenvalue weighted by Crippen LogP contribution is 2.36. The van der Waals surface area contributed by atoms with Crippen molar-refractivity contribution in [2.45, 2.75) is 6.92 Å². The first-order valence-electron chi connectivity index (χ1n) is 10.6.